The minimum Gasteiger partial charge on any atom is -0.350 e. The molecule has 0 heterocycles. The van der Waals surface area contributed by atoms with Gasteiger partial charge in [0.2, 0.25) is 11.8 Å². The molecule has 0 saturated carbocycles. The summed E-state index contributed by atoms with van der Waals surface area (Å²) < 4.78 is 0. The van der Waals surface area contributed by atoms with Crippen molar-refractivity contribution in [1.82, 2.24) is 10.2 Å². The second-order valence-electron chi connectivity index (χ2n) is 5.42. The number of carbonyl (C=O) groups excluding carboxylic acids is 2. The van der Waals surface area contributed by atoms with E-state index in [4.69, 9.17) is 34.8 Å². The number of benzene rings is 2. The lowest BCUT2D eigenvalue weighted by Crippen LogP contribution is -2.42. The minimum atomic E-state index is -0.857. The molecule has 0 aliphatic rings. The zero-order chi connectivity index (χ0) is 18.4. The number of nitrogens with zero attached hydrogens (tertiary/aromatic N) is 1. The zero-order valence-corrected chi connectivity index (χ0v) is 15.8. The molecular weight excluding hydrogens is 383 g/mol. The molecule has 1 atom stereocenters. The Labute approximate surface area is 161 Å². The van der Waals surface area contributed by atoms with Crippen LogP contribution in [0.5, 0.6) is 0 Å². The highest BCUT2D eigenvalue weighted by Crippen LogP contribution is 2.28. The van der Waals surface area contributed by atoms with Gasteiger partial charge in [-0.15, -0.1) is 11.6 Å². The van der Waals surface area contributed by atoms with Gasteiger partial charge in [-0.2, -0.15) is 0 Å². The molecule has 0 aliphatic carbocycles. The van der Waals surface area contributed by atoms with Crippen LogP contribution in [0.1, 0.15) is 17.2 Å². The Hall–Kier alpha value is -1.75. The van der Waals surface area contributed by atoms with E-state index in [0.717, 1.165) is 5.56 Å². The zero-order valence-electron chi connectivity index (χ0n) is 13.5. The van der Waals surface area contributed by atoms with Crippen LogP contribution in [0.4, 0.5) is 0 Å². The number of amides is 2. The second-order valence-corrected chi connectivity index (χ2v) is 6.50. The summed E-state index contributed by atoms with van der Waals surface area (Å²) in [6.45, 7) is 0.348. The number of halogens is 3. The number of rotatable bonds is 6. The first-order chi connectivity index (χ1) is 11.9. The first-order valence-corrected chi connectivity index (χ1v) is 8.81. The summed E-state index contributed by atoms with van der Waals surface area (Å²) in [4.78, 5) is 26.1. The van der Waals surface area contributed by atoms with Crippen LogP contribution in [0.3, 0.4) is 0 Å². The summed E-state index contributed by atoms with van der Waals surface area (Å²) in [5, 5.41) is 3.53. The van der Waals surface area contributed by atoms with E-state index in [-0.39, 0.29) is 17.7 Å². The summed E-state index contributed by atoms with van der Waals surface area (Å²) in [5.74, 6) is -0.920. The Morgan fingerprint density at radius 2 is 1.76 bits per heavy atom. The molecule has 132 valence electrons. The molecule has 2 aromatic rings. The van der Waals surface area contributed by atoms with Crippen molar-refractivity contribution in [3.05, 3.63) is 69.7 Å². The smallest absolute Gasteiger partial charge is 0.247 e. The Morgan fingerprint density at radius 1 is 1.08 bits per heavy atom. The lowest BCUT2D eigenvalue weighted by molar-refractivity contribution is -0.137. The van der Waals surface area contributed by atoms with Gasteiger partial charge in [0.15, 0.2) is 0 Å². The molecule has 2 amide bonds. The number of hydrogen-bond acceptors (Lipinski definition) is 2. The van der Waals surface area contributed by atoms with Gasteiger partial charge < -0.3 is 10.2 Å². The summed E-state index contributed by atoms with van der Waals surface area (Å²) in [6, 6.07) is 13.5. The van der Waals surface area contributed by atoms with Crippen molar-refractivity contribution in [3.63, 3.8) is 0 Å². The highest BCUT2D eigenvalue weighted by Gasteiger charge is 2.28. The first kappa shape index (κ1) is 19.6. The SMILES string of the molecule is CN(C(=O)CCl)C(C(=O)NCc1ccccc1)c1ccc(Cl)c(Cl)c1. The topological polar surface area (TPSA) is 49.4 Å². The van der Waals surface area contributed by atoms with Crippen molar-refractivity contribution in [2.45, 2.75) is 12.6 Å². The molecule has 0 radical (unpaired) electrons. The molecule has 0 fully saturated rings. The van der Waals surface area contributed by atoms with Crippen molar-refractivity contribution in [2.75, 3.05) is 12.9 Å². The first-order valence-electron chi connectivity index (χ1n) is 7.52. The van der Waals surface area contributed by atoms with Crippen LogP contribution < -0.4 is 5.32 Å². The van der Waals surface area contributed by atoms with Crippen LogP contribution in [0.15, 0.2) is 48.5 Å². The van der Waals surface area contributed by atoms with Gasteiger partial charge in [-0.1, -0.05) is 59.6 Å². The molecule has 1 unspecified atom stereocenters. The maximum atomic E-state index is 12.8. The third-order valence-electron chi connectivity index (χ3n) is 3.71. The average molecular weight is 400 g/mol. The van der Waals surface area contributed by atoms with Crippen LogP contribution in [-0.4, -0.2) is 29.6 Å². The van der Waals surface area contributed by atoms with E-state index in [0.29, 0.717) is 22.2 Å². The Balaban J connectivity index is 2.25. The second kappa shape index (κ2) is 9.09. The Kier molecular flexibility index (Phi) is 7.12. The van der Waals surface area contributed by atoms with E-state index >= 15 is 0 Å². The van der Waals surface area contributed by atoms with Crippen molar-refractivity contribution < 1.29 is 9.59 Å². The molecule has 1 N–H and O–H groups in total. The third kappa shape index (κ3) is 5.11. The summed E-state index contributed by atoms with van der Waals surface area (Å²) >= 11 is 17.6. The van der Waals surface area contributed by atoms with Gasteiger partial charge in [0.05, 0.1) is 10.0 Å². The largest absolute Gasteiger partial charge is 0.350 e. The normalized spacial score (nSPS) is 11.7. The maximum Gasteiger partial charge on any atom is 0.247 e. The van der Waals surface area contributed by atoms with Gasteiger partial charge in [0.1, 0.15) is 11.9 Å². The van der Waals surface area contributed by atoms with E-state index in [1.165, 1.54) is 11.9 Å². The number of carbonyl (C=O) groups is 2. The van der Waals surface area contributed by atoms with E-state index < -0.39 is 6.04 Å². The summed E-state index contributed by atoms with van der Waals surface area (Å²) in [6.07, 6.45) is 0. The van der Waals surface area contributed by atoms with Gasteiger partial charge >= 0.3 is 0 Å². The molecule has 0 spiro atoms. The van der Waals surface area contributed by atoms with E-state index in [2.05, 4.69) is 5.32 Å². The van der Waals surface area contributed by atoms with E-state index in [9.17, 15) is 9.59 Å². The van der Waals surface area contributed by atoms with Crippen LogP contribution in [0.25, 0.3) is 0 Å². The van der Waals surface area contributed by atoms with Gasteiger partial charge in [-0.05, 0) is 23.3 Å². The van der Waals surface area contributed by atoms with Crippen LogP contribution in [-0.2, 0) is 16.1 Å². The minimum absolute atomic E-state index is 0.222. The van der Waals surface area contributed by atoms with Crippen molar-refractivity contribution in [3.8, 4) is 0 Å². The van der Waals surface area contributed by atoms with Gasteiger partial charge in [0, 0.05) is 13.6 Å². The standard InChI is InChI=1S/C18H17Cl3N2O2/c1-23(16(24)10-19)17(13-7-8-14(20)15(21)9-13)18(25)22-11-12-5-3-2-4-6-12/h2-9,17H,10-11H2,1H3,(H,22,25). The highest BCUT2D eigenvalue weighted by atomic mass is 35.5. The fourth-order valence-corrected chi connectivity index (χ4v) is 2.85. The quantitative estimate of drug-likeness (QED) is 0.745. The number of alkyl halides is 1. The molecule has 7 heteroatoms. The van der Waals surface area contributed by atoms with Crippen molar-refractivity contribution in [2.24, 2.45) is 0 Å². The highest BCUT2D eigenvalue weighted by molar-refractivity contribution is 6.42. The number of nitrogens with one attached hydrogen (secondary N) is 1. The van der Waals surface area contributed by atoms with Gasteiger partial charge in [-0.25, -0.2) is 0 Å². The average Bonchev–Trinajstić information content (AvgIpc) is 2.63. The Morgan fingerprint density at radius 3 is 2.36 bits per heavy atom. The summed E-state index contributed by atoms with van der Waals surface area (Å²) in [5.41, 5.74) is 1.51. The third-order valence-corrected chi connectivity index (χ3v) is 4.68. The number of likely N-dealkylation sites (N-methyl/N-ethyl adjacent to an activating group) is 1. The molecule has 0 saturated heterocycles. The predicted molar refractivity (Wildman–Crippen MR) is 101 cm³/mol. The van der Waals surface area contributed by atoms with Crippen molar-refractivity contribution >= 4 is 46.6 Å². The lowest BCUT2D eigenvalue weighted by atomic mass is 10.0. The fourth-order valence-electron chi connectivity index (χ4n) is 2.35. The van der Waals surface area contributed by atoms with Crippen LogP contribution in [0, 0.1) is 0 Å². The molecule has 2 aromatic carbocycles. The molecule has 2 rings (SSSR count). The molecular formula is C18H17Cl3N2O2. The summed E-state index contributed by atoms with van der Waals surface area (Å²) in [7, 11) is 1.53. The molecule has 25 heavy (non-hydrogen) atoms. The van der Waals surface area contributed by atoms with Crippen LogP contribution in [0.2, 0.25) is 10.0 Å². The van der Waals surface area contributed by atoms with Crippen LogP contribution >= 0.6 is 34.8 Å². The fraction of sp³-hybridized carbons (Fsp3) is 0.222. The molecule has 0 aliphatic heterocycles. The molecule has 0 aromatic heterocycles. The van der Waals surface area contributed by atoms with Gasteiger partial charge in [-0.3, -0.25) is 9.59 Å². The number of hydrogen-bond donors (Lipinski definition) is 1. The van der Waals surface area contributed by atoms with Crippen molar-refractivity contribution in [1.29, 1.82) is 0 Å². The van der Waals surface area contributed by atoms with E-state index in [1.54, 1.807) is 18.2 Å². The monoisotopic (exact) mass is 398 g/mol. The Bertz CT molecular complexity index is 753. The van der Waals surface area contributed by atoms with E-state index in [1.807, 2.05) is 30.3 Å². The van der Waals surface area contributed by atoms with Gasteiger partial charge in [0.25, 0.3) is 0 Å². The molecule has 0 bridgehead atoms. The predicted octanol–water partition coefficient (Wildman–Crippen LogP) is 4.05. The lowest BCUT2D eigenvalue weighted by Gasteiger charge is -2.27. The maximum absolute atomic E-state index is 12.8. The molecule has 4 nitrogen and oxygen atoms in total.